The van der Waals surface area contributed by atoms with E-state index in [1.807, 2.05) is 19.1 Å². The molecule has 0 fully saturated rings. The van der Waals surface area contributed by atoms with Crippen LogP contribution in [0.4, 0.5) is 0 Å². The van der Waals surface area contributed by atoms with Crippen LogP contribution in [0.3, 0.4) is 0 Å². The summed E-state index contributed by atoms with van der Waals surface area (Å²) >= 11 is 0. The molecule has 0 aliphatic heterocycles. The van der Waals surface area contributed by atoms with Gasteiger partial charge < -0.3 is 10.1 Å². The first-order valence-electron chi connectivity index (χ1n) is 7.36. The maximum atomic E-state index is 5.51. The fraction of sp³-hybridized carbons (Fsp3) is 0.333. The first-order chi connectivity index (χ1) is 9.85. The highest BCUT2D eigenvalue weighted by molar-refractivity contribution is 5.35. The average molecular weight is 269 g/mol. The van der Waals surface area contributed by atoms with Gasteiger partial charge in [-0.15, -0.1) is 0 Å². The minimum Gasteiger partial charge on any atom is -0.494 e. The Hall–Kier alpha value is -1.80. The molecule has 0 heterocycles. The van der Waals surface area contributed by atoms with Gasteiger partial charge in [-0.3, -0.25) is 0 Å². The van der Waals surface area contributed by atoms with E-state index in [-0.39, 0.29) is 6.04 Å². The lowest BCUT2D eigenvalue weighted by Gasteiger charge is -2.20. The van der Waals surface area contributed by atoms with Crippen LogP contribution < -0.4 is 10.1 Å². The van der Waals surface area contributed by atoms with Crippen molar-refractivity contribution in [2.75, 3.05) is 13.2 Å². The van der Waals surface area contributed by atoms with Gasteiger partial charge in [0.25, 0.3) is 0 Å². The molecule has 0 aliphatic rings. The number of benzene rings is 2. The van der Waals surface area contributed by atoms with Crippen molar-refractivity contribution in [1.29, 1.82) is 0 Å². The van der Waals surface area contributed by atoms with Crippen molar-refractivity contribution < 1.29 is 4.74 Å². The van der Waals surface area contributed by atoms with Gasteiger partial charge in [-0.1, -0.05) is 49.4 Å². The van der Waals surface area contributed by atoms with Gasteiger partial charge in [-0.25, -0.2) is 0 Å². The standard InChI is InChI=1S/C18H23NO/c1-3-14-19-18(15-8-6-5-7-9-15)16-10-12-17(13-11-16)20-4-2/h5-13,18-19H,3-4,14H2,1-2H3. The summed E-state index contributed by atoms with van der Waals surface area (Å²) < 4.78 is 5.51. The van der Waals surface area contributed by atoms with Crippen LogP contribution in [0.5, 0.6) is 5.75 Å². The van der Waals surface area contributed by atoms with Crippen LogP contribution >= 0.6 is 0 Å². The highest BCUT2D eigenvalue weighted by Gasteiger charge is 2.12. The van der Waals surface area contributed by atoms with E-state index in [9.17, 15) is 0 Å². The van der Waals surface area contributed by atoms with Crippen LogP contribution in [0.1, 0.15) is 37.4 Å². The molecule has 0 bridgehead atoms. The Kier molecular flexibility index (Phi) is 5.63. The quantitative estimate of drug-likeness (QED) is 0.814. The molecule has 0 radical (unpaired) electrons. The third-order valence-electron chi connectivity index (χ3n) is 3.26. The summed E-state index contributed by atoms with van der Waals surface area (Å²) in [6.07, 6.45) is 1.13. The van der Waals surface area contributed by atoms with E-state index in [1.54, 1.807) is 0 Å². The molecule has 2 heteroatoms. The van der Waals surface area contributed by atoms with E-state index in [2.05, 4.69) is 54.7 Å². The van der Waals surface area contributed by atoms with Crippen LogP contribution in [0.25, 0.3) is 0 Å². The summed E-state index contributed by atoms with van der Waals surface area (Å²) in [5.41, 5.74) is 2.57. The van der Waals surface area contributed by atoms with Crippen molar-refractivity contribution in [2.45, 2.75) is 26.3 Å². The molecule has 0 spiro atoms. The molecule has 2 aromatic rings. The Morgan fingerprint density at radius 1 is 0.900 bits per heavy atom. The second-order valence-electron chi connectivity index (χ2n) is 4.80. The third-order valence-corrected chi connectivity index (χ3v) is 3.26. The number of nitrogens with one attached hydrogen (secondary N) is 1. The van der Waals surface area contributed by atoms with Crippen LogP contribution in [-0.2, 0) is 0 Å². The summed E-state index contributed by atoms with van der Waals surface area (Å²) in [7, 11) is 0. The lowest BCUT2D eigenvalue weighted by molar-refractivity contribution is 0.340. The van der Waals surface area contributed by atoms with Crippen molar-refractivity contribution >= 4 is 0 Å². The molecule has 0 saturated heterocycles. The molecule has 1 atom stereocenters. The molecule has 2 aromatic carbocycles. The predicted octanol–water partition coefficient (Wildman–Crippen LogP) is 4.17. The van der Waals surface area contributed by atoms with E-state index >= 15 is 0 Å². The van der Waals surface area contributed by atoms with E-state index in [1.165, 1.54) is 11.1 Å². The molecule has 106 valence electrons. The maximum absolute atomic E-state index is 5.51. The van der Waals surface area contributed by atoms with Crippen molar-refractivity contribution in [3.05, 3.63) is 65.7 Å². The molecular formula is C18H23NO. The zero-order chi connectivity index (χ0) is 14.2. The van der Waals surface area contributed by atoms with E-state index in [0.29, 0.717) is 6.61 Å². The van der Waals surface area contributed by atoms with E-state index in [4.69, 9.17) is 4.74 Å². The molecule has 20 heavy (non-hydrogen) atoms. The van der Waals surface area contributed by atoms with Gasteiger partial charge in [0, 0.05) is 0 Å². The second kappa shape index (κ2) is 7.71. The van der Waals surface area contributed by atoms with Gasteiger partial charge in [0.15, 0.2) is 0 Å². The summed E-state index contributed by atoms with van der Waals surface area (Å²) in [5.74, 6) is 0.929. The fourth-order valence-electron chi connectivity index (χ4n) is 2.29. The third kappa shape index (κ3) is 3.84. The Balaban J connectivity index is 2.22. The normalized spacial score (nSPS) is 12.1. The lowest BCUT2D eigenvalue weighted by atomic mass is 9.98. The summed E-state index contributed by atoms with van der Waals surface area (Å²) in [4.78, 5) is 0. The highest BCUT2D eigenvalue weighted by Crippen LogP contribution is 2.24. The predicted molar refractivity (Wildman–Crippen MR) is 84.2 cm³/mol. The van der Waals surface area contributed by atoms with E-state index in [0.717, 1.165) is 18.7 Å². The molecule has 2 nitrogen and oxygen atoms in total. The zero-order valence-corrected chi connectivity index (χ0v) is 12.3. The SMILES string of the molecule is CCCNC(c1ccccc1)c1ccc(OCC)cc1. The van der Waals surface area contributed by atoms with Crippen LogP contribution in [-0.4, -0.2) is 13.2 Å². The molecule has 0 saturated carbocycles. The molecule has 0 amide bonds. The number of ether oxygens (including phenoxy) is 1. The molecular weight excluding hydrogens is 246 g/mol. The topological polar surface area (TPSA) is 21.3 Å². The van der Waals surface area contributed by atoms with Gasteiger partial charge >= 0.3 is 0 Å². The summed E-state index contributed by atoms with van der Waals surface area (Å²) in [6.45, 7) is 5.90. The highest BCUT2D eigenvalue weighted by atomic mass is 16.5. The van der Waals surface area contributed by atoms with Crippen LogP contribution in [0, 0.1) is 0 Å². The molecule has 1 N–H and O–H groups in total. The average Bonchev–Trinajstić information content (AvgIpc) is 2.51. The Labute approximate surface area is 121 Å². The first-order valence-corrected chi connectivity index (χ1v) is 7.36. The van der Waals surface area contributed by atoms with Gasteiger partial charge in [0.1, 0.15) is 5.75 Å². The number of hydrogen-bond donors (Lipinski definition) is 1. The van der Waals surface area contributed by atoms with Gasteiger partial charge in [-0.2, -0.15) is 0 Å². The van der Waals surface area contributed by atoms with Crippen molar-refractivity contribution in [1.82, 2.24) is 5.32 Å². The van der Waals surface area contributed by atoms with Crippen molar-refractivity contribution in [2.24, 2.45) is 0 Å². The Morgan fingerprint density at radius 3 is 2.15 bits per heavy atom. The summed E-state index contributed by atoms with van der Waals surface area (Å²) in [6, 6.07) is 19.2. The molecule has 0 aromatic heterocycles. The van der Waals surface area contributed by atoms with Crippen molar-refractivity contribution in [3.63, 3.8) is 0 Å². The largest absolute Gasteiger partial charge is 0.494 e. The monoisotopic (exact) mass is 269 g/mol. The molecule has 1 unspecified atom stereocenters. The smallest absolute Gasteiger partial charge is 0.119 e. The second-order valence-corrected chi connectivity index (χ2v) is 4.80. The lowest BCUT2D eigenvalue weighted by Crippen LogP contribution is -2.23. The molecule has 0 aliphatic carbocycles. The fourth-order valence-corrected chi connectivity index (χ4v) is 2.29. The maximum Gasteiger partial charge on any atom is 0.119 e. The van der Waals surface area contributed by atoms with Gasteiger partial charge in [0.2, 0.25) is 0 Å². The first kappa shape index (κ1) is 14.6. The minimum atomic E-state index is 0.242. The Morgan fingerprint density at radius 2 is 1.55 bits per heavy atom. The minimum absolute atomic E-state index is 0.242. The zero-order valence-electron chi connectivity index (χ0n) is 12.3. The van der Waals surface area contributed by atoms with Crippen LogP contribution in [0.2, 0.25) is 0 Å². The molecule has 2 rings (SSSR count). The van der Waals surface area contributed by atoms with E-state index < -0.39 is 0 Å². The summed E-state index contributed by atoms with van der Waals surface area (Å²) in [5, 5.41) is 3.61. The van der Waals surface area contributed by atoms with Crippen molar-refractivity contribution in [3.8, 4) is 5.75 Å². The van der Waals surface area contributed by atoms with Crippen LogP contribution in [0.15, 0.2) is 54.6 Å². The Bertz CT molecular complexity index is 493. The number of hydrogen-bond acceptors (Lipinski definition) is 2. The van der Waals surface area contributed by atoms with Gasteiger partial charge in [0.05, 0.1) is 12.6 Å². The number of rotatable bonds is 7. The van der Waals surface area contributed by atoms with Gasteiger partial charge in [-0.05, 0) is 43.1 Å².